The first-order valence-corrected chi connectivity index (χ1v) is 8.24. The number of aryl methyl sites for hydroxylation is 1. The second-order valence-corrected chi connectivity index (χ2v) is 7.17. The third-order valence-corrected chi connectivity index (χ3v) is 4.06. The number of nitrogens with one attached hydrogen (secondary N) is 1. The first-order valence-electron chi connectivity index (χ1n) is 8.24. The molecule has 5 nitrogen and oxygen atoms in total. The predicted octanol–water partition coefficient (Wildman–Crippen LogP) is 4.30. The SMILES string of the molecule is COc1ccc(-c2nc3cc(C)ccn3c2NC(=O)C(C)(C)C)cc1. The molecule has 0 aliphatic heterocycles. The largest absolute Gasteiger partial charge is 0.497 e. The van der Waals surface area contributed by atoms with Gasteiger partial charge in [-0.15, -0.1) is 0 Å². The second-order valence-electron chi connectivity index (χ2n) is 7.17. The molecule has 25 heavy (non-hydrogen) atoms. The van der Waals surface area contributed by atoms with E-state index in [9.17, 15) is 4.79 Å². The number of carbonyl (C=O) groups is 1. The van der Waals surface area contributed by atoms with Gasteiger partial charge < -0.3 is 10.1 Å². The molecule has 2 aromatic heterocycles. The molecule has 0 aliphatic rings. The Bertz CT molecular complexity index is 919. The molecule has 2 heterocycles. The highest BCUT2D eigenvalue weighted by atomic mass is 16.5. The van der Waals surface area contributed by atoms with Gasteiger partial charge in [0.15, 0.2) is 0 Å². The van der Waals surface area contributed by atoms with E-state index in [1.807, 2.05) is 74.7 Å². The molecule has 0 radical (unpaired) electrons. The lowest BCUT2D eigenvalue weighted by atomic mass is 9.95. The first kappa shape index (κ1) is 17.0. The number of ether oxygens (including phenoxy) is 1. The zero-order valence-corrected chi connectivity index (χ0v) is 15.3. The Morgan fingerprint density at radius 2 is 1.84 bits per heavy atom. The number of aromatic nitrogens is 2. The van der Waals surface area contributed by atoms with Crippen LogP contribution in [0.4, 0.5) is 5.82 Å². The third kappa shape index (κ3) is 3.36. The third-order valence-electron chi connectivity index (χ3n) is 4.06. The van der Waals surface area contributed by atoms with Gasteiger partial charge >= 0.3 is 0 Å². The van der Waals surface area contributed by atoms with Gasteiger partial charge in [-0.1, -0.05) is 20.8 Å². The number of pyridine rings is 1. The van der Waals surface area contributed by atoms with E-state index in [2.05, 4.69) is 5.32 Å². The molecule has 1 amide bonds. The molecule has 0 atom stereocenters. The summed E-state index contributed by atoms with van der Waals surface area (Å²) in [5.41, 5.74) is 3.09. The van der Waals surface area contributed by atoms with Gasteiger partial charge in [-0.05, 0) is 48.9 Å². The number of methoxy groups -OCH3 is 1. The zero-order valence-electron chi connectivity index (χ0n) is 15.3. The Kier molecular flexibility index (Phi) is 4.25. The summed E-state index contributed by atoms with van der Waals surface area (Å²) in [5.74, 6) is 1.41. The van der Waals surface area contributed by atoms with Crippen LogP contribution in [0.2, 0.25) is 0 Å². The van der Waals surface area contributed by atoms with Crippen LogP contribution < -0.4 is 10.1 Å². The predicted molar refractivity (Wildman–Crippen MR) is 100 cm³/mol. The van der Waals surface area contributed by atoms with Crippen LogP contribution in [-0.4, -0.2) is 22.4 Å². The molecule has 0 unspecified atom stereocenters. The standard InChI is InChI=1S/C20H23N3O2/c1-13-10-11-23-16(12-13)21-17(14-6-8-15(25-5)9-7-14)18(23)22-19(24)20(2,3)4/h6-12H,1-5H3,(H,22,24). The number of benzene rings is 1. The highest BCUT2D eigenvalue weighted by Crippen LogP contribution is 2.31. The normalized spacial score (nSPS) is 11.6. The molecule has 3 aromatic rings. The Hall–Kier alpha value is -2.82. The minimum absolute atomic E-state index is 0.0513. The molecular formula is C20H23N3O2. The van der Waals surface area contributed by atoms with Gasteiger partial charge in [0.2, 0.25) is 5.91 Å². The van der Waals surface area contributed by atoms with Crippen molar-refractivity contribution in [2.45, 2.75) is 27.7 Å². The fraction of sp³-hybridized carbons (Fsp3) is 0.300. The minimum Gasteiger partial charge on any atom is -0.497 e. The van der Waals surface area contributed by atoms with E-state index in [1.54, 1.807) is 7.11 Å². The average molecular weight is 337 g/mol. The summed E-state index contributed by atoms with van der Waals surface area (Å²) in [6.45, 7) is 7.70. The average Bonchev–Trinajstić information content (AvgIpc) is 2.91. The van der Waals surface area contributed by atoms with E-state index in [0.717, 1.165) is 28.2 Å². The maximum Gasteiger partial charge on any atom is 0.230 e. The van der Waals surface area contributed by atoms with E-state index in [0.29, 0.717) is 5.82 Å². The van der Waals surface area contributed by atoms with Gasteiger partial charge in [0.05, 0.1) is 7.11 Å². The Labute approximate surface area is 147 Å². The first-order chi connectivity index (χ1) is 11.8. The van der Waals surface area contributed by atoms with Crippen LogP contribution in [0.1, 0.15) is 26.3 Å². The quantitative estimate of drug-likeness (QED) is 0.775. The molecule has 0 bridgehead atoms. The van der Waals surface area contributed by atoms with E-state index in [-0.39, 0.29) is 5.91 Å². The second kappa shape index (κ2) is 6.24. The maximum atomic E-state index is 12.6. The fourth-order valence-corrected chi connectivity index (χ4v) is 2.51. The van der Waals surface area contributed by atoms with E-state index in [1.165, 1.54) is 0 Å². The van der Waals surface area contributed by atoms with Crippen molar-refractivity contribution in [2.24, 2.45) is 5.41 Å². The van der Waals surface area contributed by atoms with E-state index in [4.69, 9.17) is 9.72 Å². The summed E-state index contributed by atoms with van der Waals surface area (Å²) >= 11 is 0. The van der Waals surface area contributed by atoms with Gasteiger partial charge in [-0.3, -0.25) is 9.20 Å². The molecular weight excluding hydrogens is 314 g/mol. The van der Waals surface area contributed by atoms with E-state index >= 15 is 0 Å². The van der Waals surface area contributed by atoms with Gasteiger partial charge in [0.1, 0.15) is 22.9 Å². The van der Waals surface area contributed by atoms with Crippen LogP contribution in [0.25, 0.3) is 16.9 Å². The molecule has 5 heteroatoms. The highest BCUT2D eigenvalue weighted by Gasteiger charge is 2.24. The topological polar surface area (TPSA) is 55.6 Å². The maximum absolute atomic E-state index is 12.6. The number of anilines is 1. The number of hydrogen-bond acceptors (Lipinski definition) is 3. The van der Waals surface area contributed by atoms with Crippen molar-refractivity contribution in [1.82, 2.24) is 9.38 Å². The lowest BCUT2D eigenvalue weighted by molar-refractivity contribution is -0.123. The number of carbonyl (C=O) groups excluding carboxylic acids is 1. The van der Waals surface area contributed by atoms with Crippen LogP contribution in [0, 0.1) is 12.3 Å². The van der Waals surface area contributed by atoms with Crippen molar-refractivity contribution in [3.63, 3.8) is 0 Å². The zero-order chi connectivity index (χ0) is 18.2. The van der Waals surface area contributed by atoms with E-state index < -0.39 is 5.41 Å². The molecule has 0 saturated carbocycles. The molecule has 0 aliphatic carbocycles. The monoisotopic (exact) mass is 337 g/mol. The summed E-state index contributed by atoms with van der Waals surface area (Å²) in [6.07, 6.45) is 1.93. The van der Waals surface area contributed by atoms with Crippen LogP contribution in [0.3, 0.4) is 0 Å². The summed E-state index contributed by atoms with van der Waals surface area (Å²) < 4.78 is 7.14. The minimum atomic E-state index is -0.494. The van der Waals surface area contributed by atoms with Crippen molar-refractivity contribution in [1.29, 1.82) is 0 Å². The number of amides is 1. The van der Waals surface area contributed by atoms with Gasteiger partial charge in [-0.2, -0.15) is 0 Å². The van der Waals surface area contributed by atoms with Crippen LogP contribution in [0.5, 0.6) is 5.75 Å². The molecule has 0 fully saturated rings. The van der Waals surface area contributed by atoms with Crippen LogP contribution >= 0.6 is 0 Å². The van der Waals surface area contributed by atoms with Crippen molar-refractivity contribution < 1.29 is 9.53 Å². The van der Waals surface area contributed by atoms with Crippen molar-refractivity contribution >= 4 is 17.4 Å². The van der Waals surface area contributed by atoms with Crippen molar-refractivity contribution in [3.05, 3.63) is 48.2 Å². The summed E-state index contributed by atoms with van der Waals surface area (Å²) in [5, 5.41) is 3.05. The molecule has 0 spiro atoms. The smallest absolute Gasteiger partial charge is 0.230 e. The van der Waals surface area contributed by atoms with Crippen molar-refractivity contribution in [3.8, 4) is 17.0 Å². The van der Waals surface area contributed by atoms with Crippen LogP contribution in [-0.2, 0) is 4.79 Å². The number of rotatable bonds is 3. The highest BCUT2D eigenvalue weighted by molar-refractivity contribution is 5.97. The number of imidazole rings is 1. The molecule has 130 valence electrons. The molecule has 3 rings (SSSR count). The Morgan fingerprint density at radius 1 is 1.16 bits per heavy atom. The summed E-state index contributed by atoms with van der Waals surface area (Å²) in [6, 6.07) is 11.7. The lowest BCUT2D eigenvalue weighted by Gasteiger charge is -2.18. The van der Waals surface area contributed by atoms with Crippen LogP contribution in [0.15, 0.2) is 42.6 Å². The van der Waals surface area contributed by atoms with Gasteiger partial charge in [0.25, 0.3) is 0 Å². The molecule has 1 N–H and O–H groups in total. The van der Waals surface area contributed by atoms with Gasteiger partial charge in [0, 0.05) is 17.2 Å². The molecule has 0 saturated heterocycles. The molecule has 1 aromatic carbocycles. The fourth-order valence-electron chi connectivity index (χ4n) is 2.51. The summed E-state index contributed by atoms with van der Waals surface area (Å²) in [4.78, 5) is 17.3. The Balaban J connectivity index is 2.15. The summed E-state index contributed by atoms with van der Waals surface area (Å²) in [7, 11) is 1.64. The van der Waals surface area contributed by atoms with Gasteiger partial charge in [-0.25, -0.2) is 4.98 Å². The van der Waals surface area contributed by atoms with Crippen molar-refractivity contribution in [2.75, 3.05) is 12.4 Å². The number of hydrogen-bond donors (Lipinski definition) is 1. The number of nitrogens with zero attached hydrogens (tertiary/aromatic N) is 2. The number of fused-ring (bicyclic) bond motifs is 1. The Morgan fingerprint density at radius 3 is 2.44 bits per heavy atom. The lowest BCUT2D eigenvalue weighted by Crippen LogP contribution is -2.28.